The first-order chi connectivity index (χ1) is 12.7. The fourth-order valence-electron chi connectivity index (χ4n) is 2.31. The predicted molar refractivity (Wildman–Crippen MR) is 123 cm³/mol. The van der Waals surface area contributed by atoms with Gasteiger partial charge in [-0.25, -0.2) is 4.98 Å². The number of aliphatic imine (C=N–C) groups is 1. The summed E-state index contributed by atoms with van der Waals surface area (Å²) >= 11 is 1.73. The summed E-state index contributed by atoms with van der Waals surface area (Å²) in [6, 6.07) is 9.24. The minimum atomic E-state index is -0.0432. The summed E-state index contributed by atoms with van der Waals surface area (Å²) in [5.74, 6) is 0.758. The Morgan fingerprint density at radius 2 is 1.93 bits per heavy atom. The molecule has 0 bridgehead atoms. The second-order valence-electron chi connectivity index (χ2n) is 5.78. The van der Waals surface area contributed by atoms with Crippen LogP contribution < -0.4 is 16.0 Å². The maximum atomic E-state index is 11.9. The Labute approximate surface area is 182 Å². The first kappa shape index (κ1) is 23.4. The van der Waals surface area contributed by atoms with Gasteiger partial charge in [0.05, 0.1) is 5.01 Å². The van der Waals surface area contributed by atoms with Crippen LogP contribution in [0.25, 0.3) is 0 Å². The molecule has 2 aromatic rings. The van der Waals surface area contributed by atoms with E-state index in [1.54, 1.807) is 11.3 Å². The normalized spacial score (nSPS) is 10.8. The zero-order valence-corrected chi connectivity index (χ0v) is 19.0. The van der Waals surface area contributed by atoms with Crippen molar-refractivity contribution < 1.29 is 4.79 Å². The molecule has 8 heteroatoms. The molecule has 0 aliphatic heterocycles. The highest BCUT2D eigenvalue weighted by molar-refractivity contribution is 14.0. The molecule has 6 nitrogen and oxygen atoms in total. The monoisotopic (exact) mass is 501 g/mol. The van der Waals surface area contributed by atoms with Crippen LogP contribution >= 0.6 is 35.3 Å². The summed E-state index contributed by atoms with van der Waals surface area (Å²) in [6.07, 6.45) is 3.58. The van der Waals surface area contributed by atoms with E-state index in [0.29, 0.717) is 18.7 Å². The van der Waals surface area contributed by atoms with E-state index in [1.807, 2.05) is 43.5 Å². The minimum absolute atomic E-state index is 0. The number of amides is 1. The third-order valence-corrected chi connectivity index (χ3v) is 4.54. The van der Waals surface area contributed by atoms with Crippen LogP contribution in [0.4, 0.5) is 0 Å². The van der Waals surface area contributed by atoms with E-state index in [2.05, 4.69) is 32.9 Å². The van der Waals surface area contributed by atoms with Crippen molar-refractivity contribution >= 4 is 47.2 Å². The molecule has 0 unspecified atom stereocenters. The van der Waals surface area contributed by atoms with E-state index in [9.17, 15) is 4.79 Å². The zero-order chi connectivity index (χ0) is 18.6. The number of halogens is 1. The highest BCUT2D eigenvalue weighted by Gasteiger charge is 2.03. The van der Waals surface area contributed by atoms with Gasteiger partial charge >= 0.3 is 0 Å². The van der Waals surface area contributed by atoms with E-state index >= 15 is 0 Å². The van der Waals surface area contributed by atoms with E-state index in [4.69, 9.17) is 0 Å². The molecular formula is C19H28IN5OS. The maximum absolute atomic E-state index is 11.9. The molecule has 148 valence electrons. The molecule has 1 heterocycles. The second kappa shape index (κ2) is 13.5. The Hall–Kier alpha value is -1.68. The number of aryl methyl sites for hydroxylation is 1. The Bertz CT molecular complexity index is 705. The summed E-state index contributed by atoms with van der Waals surface area (Å²) in [7, 11) is 0. The quantitative estimate of drug-likeness (QED) is 0.214. The average molecular weight is 501 g/mol. The van der Waals surface area contributed by atoms with Crippen LogP contribution in [0, 0.1) is 6.92 Å². The standard InChI is InChI=1S/C19H27N5OS.HI/c1-3-20-19(23-13-10-17-24-14-15(2)26-17)22-12-7-11-21-18(25)16-8-5-4-6-9-16;/h4-6,8-9,14H,3,7,10-13H2,1-2H3,(H,21,25)(H2,20,22,23);1H. The van der Waals surface area contributed by atoms with Crippen LogP contribution in [0.15, 0.2) is 41.5 Å². The molecule has 2 rings (SSSR count). The number of carbonyl (C=O) groups is 1. The van der Waals surface area contributed by atoms with Gasteiger partial charge in [0.1, 0.15) is 0 Å². The van der Waals surface area contributed by atoms with Crippen molar-refractivity contribution in [2.24, 2.45) is 4.99 Å². The number of hydrogen-bond acceptors (Lipinski definition) is 4. The first-order valence-electron chi connectivity index (χ1n) is 8.95. The van der Waals surface area contributed by atoms with Gasteiger partial charge in [-0.05, 0) is 32.4 Å². The van der Waals surface area contributed by atoms with E-state index in [-0.39, 0.29) is 29.9 Å². The Balaban J connectivity index is 0.00000364. The Kier molecular flexibility index (Phi) is 11.7. The van der Waals surface area contributed by atoms with E-state index in [0.717, 1.165) is 36.9 Å². The van der Waals surface area contributed by atoms with Crippen molar-refractivity contribution in [1.29, 1.82) is 0 Å². The zero-order valence-electron chi connectivity index (χ0n) is 15.8. The summed E-state index contributed by atoms with van der Waals surface area (Å²) in [5, 5.41) is 10.6. The number of nitrogens with zero attached hydrogens (tertiary/aromatic N) is 2. The molecule has 0 atom stereocenters. The molecule has 0 saturated heterocycles. The summed E-state index contributed by atoms with van der Waals surface area (Å²) in [6.45, 7) is 6.98. The number of rotatable bonds is 9. The molecule has 0 saturated carbocycles. The largest absolute Gasteiger partial charge is 0.357 e. The minimum Gasteiger partial charge on any atom is -0.357 e. The van der Waals surface area contributed by atoms with Gasteiger partial charge in [-0.1, -0.05) is 18.2 Å². The number of benzene rings is 1. The molecule has 3 N–H and O–H groups in total. The summed E-state index contributed by atoms with van der Waals surface area (Å²) < 4.78 is 0. The second-order valence-corrected chi connectivity index (χ2v) is 7.10. The van der Waals surface area contributed by atoms with Gasteiger partial charge in [0.25, 0.3) is 5.91 Å². The smallest absolute Gasteiger partial charge is 0.251 e. The predicted octanol–water partition coefficient (Wildman–Crippen LogP) is 2.99. The topological polar surface area (TPSA) is 78.4 Å². The molecule has 0 aliphatic rings. The van der Waals surface area contributed by atoms with Crippen molar-refractivity contribution in [1.82, 2.24) is 20.9 Å². The highest BCUT2D eigenvalue weighted by atomic mass is 127. The molecule has 27 heavy (non-hydrogen) atoms. The van der Waals surface area contributed by atoms with E-state index in [1.165, 1.54) is 4.88 Å². The number of hydrogen-bond donors (Lipinski definition) is 3. The lowest BCUT2D eigenvalue weighted by Crippen LogP contribution is -2.38. The molecular weight excluding hydrogens is 473 g/mol. The van der Waals surface area contributed by atoms with Crippen molar-refractivity contribution in [2.45, 2.75) is 26.7 Å². The number of carbonyl (C=O) groups excluding carboxylic acids is 1. The van der Waals surface area contributed by atoms with Gasteiger partial charge in [-0.15, -0.1) is 35.3 Å². The van der Waals surface area contributed by atoms with Gasteiger partial charge in [0.15, 0.2) is 5.96 Å². The van der Waals surface area contributed by atoms with Gasteiger partial charge < -0.3 is 16.0 Å². The van der Waals surface area contributed by atoms with Gasteiger partial charge in [-0.2, -0.15) is 0 Å². The molecule has 0 aliphatic carbocycles. The maximum Gasteiger partial charge on any atom is 0.251 e. The molecule has 1 aromatic carbocycles. The van der Waals surface area contributed by atoms with Gasteiger partial charge in [-0.3, -0.25) is 9.79 Å². The molecule has 1 aromatic heterocycles. The third kappa shape index (κ3) is 9.18. The van der Waals surface area contributed by atoms with Crippen LogP contribution in [0.2, 0.25) is 0 Å². The molecule has 0 radical (unpaired) electrons. The Morgan fingerprint density at radius 3 is 2.59 bits per heavy atom. The van der Waals surface area contributed by atoms with Crippen LogP contribution in [0.5, 0.6) is 0 Å². The summed E-state index contributed by atoms with van der Waals surface area (Å²) in [5.41, 5.74) is 0.684. The lowest BCUT2D eigenvalue weighted by atomic mass is 10.2. The van der Waals surface area contributed by atoms with Crippen molar-refractivity contribution in [3.63, 3.8) is 0 Å². The van der Waals surface area contributed by atoms with Crippen molar-refractivity contribution in [3.8, 4) is 0 Å². The van der Waals surface area contributed by atoms with Crippen LogP contribution in [0.1, 0.15) is 33.6 Å². The number of thiazole rings is 1. The molecule has 0 fully saturated rings. The molecule has 0 spiro atoms. The van der Waals surface area contributed by atoms with Crippen LogP contribution in [-0.2, 0) is 6.42 Å². The number of guanidine groups is 1. The fraction of sp³-hybridized carbons (Fsp3) is 0.421. The van der Waals surface area contributed by atoms with E-state index < -0.39 is 0 Å². The van der Waals surface area contributed by atoms with Crippen LogP contribution in [-0.4, -0.2) is 43.0 Å². The highest BCUT2D eigenvalue weighted by Crippen LogP contribution is 2.10. The average Bonchev–Trinajstić information content (AvgIpc) is 3.07. The Morgan fingerprint density at radius 1 is 1.15 bits per heavy atom. The SMILES string of the molecule is CCNC(=NCCCNC(=O)c1ccccc1)NCCc1ncc(C)s1.I. The van der Waals surface area contributed by atoms with Crippen molar-refractivity contribution in [3.05, 3.63) is 52.0 Å². The summed E-state index contributed by atoms with van der Waals surface area (Å²) in [4.78, 5) is 22.1. The first-order valence-corrected chi connectivity index (χ1v) is 9.77. The third-order valence-electron chi connectivity index (χ3n) is 3.57. The van der Waals surface area contributed by atoms with Gasteiger partial charge in [0.2, 0.25) is 0 Å². The molecule has 1 amide bonds. The van der Waals surface area contributed by atoms with Crippen LogP contribution in [0.3, 0.4) is 0 Å². The van der Waals surface area contributed by atoms with Gasteiger partial charge in [0, 0.05) is 49.2 Å². The number of nitrogens with one attached hydrogen (secondary N) is 3. The number of aromatic nitrogens is 1. The lowest BCUT2D eigenvalue weighted by molar-refractivity contribution is 0.0953. The lowest BCUT2D eigenvalue weighted by Gasteiger charge is -2.10. The van der Waals surface area contributed by atoms with Crippen molar-refractivity contribution in [2.75, 3.05) is 26.2 Å². The fourth-order valence-corrected chi connectivity index (χ4v) is 3.10.